The number of amides is 1. The van der Waals surface area contributed by atoms with Gasteiger partial charge in [0.25, 0.3) is 5.91 Å². The molecule has 2 aromatic heterocycles. The molecule has 0 aliphatic carbocycles. The van der Waals surface area contributed by atoms with E-state index in [0.29, 0.717) is 10.0 Å². The molecule has 4 rings (SSSR count). The van der Waals surface area contributed by atoms with Gasteiger partial charge in [0, 0.05) is 4.88 Å². The Hall–Kier alpha value is -2.70. The van der Waals surface area contributed by atoms with Crippen molar-refractivity contribution in [3.63, 3.8) is 0 Å². The van der Waals surface area contributed by atoms with Crippen LogP contribution in [-0.4, -0.2) is 18.0 Å². The molecule has 0 unspecified atom stereocenters. The van der Waals surface area contributed by atoms with Gasteiger partial charge in [0.2, 0.25) is 0 Å². The van der Waals surface area contributed by atoms with Gasteiger partial charge in [-0.2, -0.15) is 0 Å². The number of hydrogen-bond acceptors (Lipinski definition) is 5. The van der Waals surface area contributed by atoms with E-state index < -0.39 is 0 Å². The van der Waals surface area contributed by atoms with Crippen LogP contribution in [0.4, 0.5) is 5.13 Å². The van der Waals surface area contributed by atoms with Crippen LogP contribution >= 0.6 is 22.7 Å². The lowest BCUT2D eigenvalue weighted by Gasteiger charge is -2.00. The highest BCUT2D eigenvalue weighted by molar-refractivity contribution is 7.22. The first-order valence-electron chi connectivity index (χ1n) is 8.62. The number of ether oxygens (including phenoxy) is 1. The highest BCUT2D eigenvalue weighted by Crippen LogP contribution is 2.34. The molecule has 0 fully saturated rings. The van der Waals surface area contributed by atoms with Crippen LogP contribution in [-0.2, 0) is 6.42 Å². The summed E-state index contributed by atoms with van der Waals surface area (Å²) < 4.78 is 6.23. The van der Waals surface area contributed by atoms with Crippen LogP contribution in [0.25, 0.3) is 20.7 Å². The van der Waals surface area contributed by atoms with E-state index >= 15 is 0 Å². The fourth-order valence-corrected chi connectivity index (χ4v) is 4.92. The largest absolute Gasteiger partial charge is 0.497 e. The molecule has 2 heterocycles. The molecule has 136 valence electrons. The SMILES string of the molecule is CCc1cc(C(=O)Nc2nc3ccc(OC)cc3s2)sc1-c1ccccc1. The zero-order valence-corrected chi connectivity index (χ0v) is 16.6. The molecule has 0 bridgehead atoms. The zero-order chi connectivity index (χ0) is 18.8. The predicted octanol–water partition coefficient (Wildman–Crippen LogP) is 5.85. The molecule has 0 radical (unpaired) electrons. The average Bonchev–Trinajstić information content (AvgIpc) is 3.31. The maximum absolute atomic E-state index is 12.8. The Balaban J connectivity index is 1.61. The number of benzene rings is 2. The number of hydrogen-bond donors (Lipinski definition) is 1. The number of aromatic nitrogens is 1. The Morgan fingerprint density at radius 2 is 1.93 bits per heavy atom. The van der Waals surface area contributed by atoms with Crippen molar-refractivity contribution in [3.05, 3.63) is 65.0 Å². The zero-order valence-electron chi connectivity index (χ0n) is 15.0. The van der Waals surface area contributed by atoms with E-state index in [0.717, 1.165) is 32.8 Å². The normalized spacial score (nSPS) is 10.9. The Kier molecular flexibility index (Phi) is 4.92. The number of nitrogens with zero attached hydrogens (tertiary/aromatic N) is 1. The minimum atomic E-state index is -0.122. The second-order valence-electron chi connectivity index (χ2n) is 5.99. The third kappa shape index (κ3) is 3.59. The molecule has 0 atom stereocenters. The molecular formula is C21H18N2O2S2. The van der Waals surface area contributed by atoms with Gasteiger partial charge >= 0.3 is 0 Å². The second kappa shape index (κ2) is 7.50. The molecule has 0 aliphatic rings. The molecule has 6 heteroatoms. The molecular weight excluding hydrogens is 376 g/mol. The van der Waals surface area contributed by atoms with E-state index in [1.165, 1.54) is 28.2 Å². The lowest BCUT2D eigenvalue weighted by Crippen LogP contribution is -2.09. The van der Waals surface area contributed by atoms with Crippen molar-refractivity contribution >= 4 is 43.9 Å². The topological polar surface area (TPSA) is 51.2 Å². The van der Waals surface area contributed by atoms with Crippen LogP contribution in [0.2, 0.25) is 0 Å². The molecule has 1 N–H and O–H groups in total. The van der Waals surface area contributed by atoms with Crippen LogP contribution in [0.1, 0.15) is 22.2 Å². The number of thiazole rings is 1. The number of thiophene rings is 1. The summed E-state index contributed by atoms with van der Waals surface area (Å²) in [6.07, 6.45) is 0.884. The average molecular weight is 395 g/mol. The monoisotopic (exact) mass is 394 g/mol. The summed E-state index contributed by atoms with van der Waals surface area (Å²) in [4.78, 5) is 19.1. The van der Waals surface area contributed by atoms with E-state index in [1.807, 2.05) is 42.5 Å². The number of nitrogens with one attached hydrogen (secondary N) is 1. The first kappa shape index (κ1) is 17.7. The summed E-state index contributed by atoms with van der Waals surface area (Å²) in [5, 5.41) is 3.53. The van der Waals surface area contributed by atoms with Crippen molar-refractivity contribution in [2.45, 2.75) is 13.3 Å². The maximum atomic E-state index is 12.8. The third-order valence-corrected chi connectivity index (χ3v) is 6.42. The lowest BCUT2D eigenvalue weighted by molar-refractivity contribution is 0.103. The Labute approximate surface area is 165 Å². The van der Waals surface area contributed by atoms with Crippen molar-refractivity contribution in [2.24, 2.45) is 0 Å². The van der Waals surface area contributed by atoms with Crippen molar-refractivity contribution in [1.82, 2.24) is 4.98 Å². The fraction of sp³-hybridized carbons (Fsp3) is 0.143. The van der Waals surface area contributed by atoms with Gasteiger partial charge in [0.05, 0.1) is 22.2 Å². The minimum absolute atomic E-state index is 0.122. The van der Waals surface area contributed by atoms with Gasteiger partial charge in [0.1, 0.15) is 5.75 Å². The van der Waals surface area contributed by atoms with E-state index in [9.17, 15) is 4.79 Å². The quantitative estimate of drug-likeness (QED) is 0.462. The van der Waals surface area contributed by atoms with Gasteiger partial charge in [-0.15, -0.1) is 11.3 Å². The van der Waals surface area contributed by atoms with Gasteiger partial charge in [-0.25, -0.2) is 4.98 Å². The summed E-state index contributed by atoms with van der Waals surface area (Å²) in [6.45, 7) is 2.11. The Morgan fingerprint density at radius 3 is 2.67 bits per heavy atom. The smallest absolute Gasteiger partial charge is 0.267 e. The third-order valence-electron chi connectivity index (χ3n) is 4.27. The summed E-state index contributed by atoms with van der Waals surface area (Å²) in [5.41, 5.74) is 3.18. The first-order chi connectivity index (χ1) is 13.2. The van der Waals surface area contributed by atoms with Gasteiger partial charge in [0.15, 0.2) is 5.13 Å². The van der Waals surface area contributed by atoms with Gasteiger partial charge in [-0.3, -0.25) is 10.1 Å². The van der Waals surface area contributed by atoms with Gasteiger partial charge in [-0.05, 0) is 41.8 Å². The molecule has 0 spiro atoms. The highest BCUT2D eigenvalue weighted by atomic mass is 32.1. The molecule has 0 saturated carbocycles. The van der Waals surface area contributed by atoms with E-state index in [-0.39, 0.29) is 5.91 Å². The van der Waals surface area contributed by atoms with Crippen LogP contribution < -0.4 is 10.1 Å². The minimum Gasteiger partial charge on any atom is -0.497 e. The van der Waals surface area contributed by atoms with Crippen molar-refractivity contribution in [2.75, 3.05) is 12.4 Å². The van der Waals surface area contributed by atoms with Gasteiger partial charge in [-0.1, -0.05) is 48.6 Å². The Bertz CT molecular complexity index is 1100. The molecule has 4 aromatic rings. The molecule has 2 aromatic carbocycles. The standard InChI is InChI=1S/C21H18N2O2S2/c1-3-13-11-18(26-19(13)14-7-5-4-6-8-14)20(24)23-21-22-16-10-9-15(25-2)12-17(16)27-21/h4-12H,3H2,1-2H3,(H,22,23,24). The molecule has 1 amide bonds. The van der Waals surface area contributed by atoms with Crippen LogP contribution in [0.5, 0.6) is 5.75 Å². The summed E-state index contributed by atoms with van der Waals surface area (Å²) in [5.74, 6) is 0.658. The number of rotatable bonds is 5. The maximum Gasteiger partial charge on any atom is 0.267 e. The number of fused-ring (bicyclic) bond motifs is 1. The number of methoxy groups -OCH3 is 1. The molecule has 0 aliphatic heterocycles. The number of aryl methyl sites for hydroxylation is 1. The van der Waals surface area contributed by atoms with Crippen molar-refractivity contribution in [3.8, 4) is 16.2 Å². The molecule has 4 nitrogen and oxygen atoms in total. The lowest BCUT2D eigenvalue weighted by atomic mass is 10.1. The van der Waals surface area contributed by atoms with Gasteiger partial charge < -0.3 is 4.74 Å². The van der Waals surface area contributed by atoms with Crippen LogP contribution in [0.3, 0.4) is 0 Å². The first-order valence-corrected chi connectivity index (χ1v) is 10.2. The van der Waals surface area contributed by atoms with Crippen LogP contribution in [0, 0.1) is 0 Å². The molecule has 0 saturated heterocycles. The van der Waals surface area contributed by atoms with E-state index in [1.54, 1.807) is 7.11 Å². The molecule has 27 heavy (non-hydrogen) atoms. The van der Waals surface area contributed by atoms with Crippen LogP contribution in [0.15, 0.2) is 54.6 Å². The summed E-state index contributed by atoms with van der Waals surface area (Å²) in [7, 11) is 1.64. The predicted molar refractivity (Wildman–Crippen MR) is 113 cm³/mol. The van der Waals surface area contributed by atoms with Crippen molar-refractivity contribution in [1.29, 1.82) is 0 Å². The number of anilines is 1. The summed E-state index contributed by atoms with van der Waals surface area (Å²) in [6, 6.07) is 17.9. The fourth-order valence-electron chi connectivity index (χ4n) is 2.88. The number of carbonyl (C=O) groups is 1. The van der Waals surface area contributed by atoms with E-state index in [4.69, 9.17) is 4.74 Å². The number of carbonyl (C=O) groups excluding carboxylic acids is 1. The van der Waals surface area contributed by atoms with E-state index in [2.05, 4.69) is 29.4 Å². The second-order valence-corrected chi connectivity index (χ2v) is 8.07. The Morgan fingerprint density at radius 1 is 1.11 bits per heavy atom. The highest BCUT2D eigenvalue weighted by Gasteiger charge is 2.16. The summed E-state index contributed by atoms with van der Waals surface area (Å²) >= 11 is 2.97. The van der Waals surface area contributed by atoms with Crippen molar-refractivity contribution < 1.29 is 9.53 Å².